The summed E-state index contributed by atoms with van der Waals surface area (Å²) in [5.41, 5.74) is 2.74. The minimum Gasteiger partial charge on any atom is -1.00 e. The Hall–Kier alpha value is -0.130. The van der Waals surface area contributed by atoms with Gasteiger partial charge in [0.1, 0.15) is 0 Å². The van der Waals surface area contributed by atoms with E-state index in [9.17, 15) is 8.42 Å². The molecule has 0 radical (unpaired) electrons. The fourth-order valence-electron chi connectivity index (χ4n) is 0.812. The van der Waals surface area contributed by atoms with Crippen LogP contribution in [0.4, 0.5) is 0 Å². The van der Waals surface area contributed by atoms with Crippen molar-refractivity contribution in [1.82, 2.24) is 0 Å². The monoisotopic (exact) mass is 252 g/mol. The van der Waals surface area contributed by atoms with E-state index in [0.717, 1.165) is 6.08 Å². The molecule has 0 bridgehead atoms. The molecule has 0 spiro atoms. The van der Waals surface area contributed by atoms with Gasteiger partial charge in [0.05, 0.1) is 5.75 Å². The second kappa shape index (κ2) is 8.96. The van der Waals surface area contributed by atoms with Crippen LogP contribution >= 0.6 is 0 Å². The first-order valence-electron chi connectivity index (χ1n) is 4.45. The van der Waals surface area contributed by atoms with Crippen molar-refractivity contribution in [2.45, 2.75) is 13.8 Å². The predicted molar refractivity (Wildman–Crippen MR) is 63.6 cm³/mol. The minimum atomic E-state index is -3.79. The second-order valence-corrected chi connectivity index (χ2v) is 4.62. The molecule has 86 valence electrons. The number of aryl methyl sites for hydroxylation is 2. The maximum absolute atomic E-state index is 9.72. The summed E-state index contributed by atoms with van der Waals surface area (Å²) in [6, 6.07) is 8.36. The summed E-state index contributed by atoms with van der Waals surface area (Å²) >= 11 is 0. The summed E-state index contributed by atoms with van der Waals surface area (Å²) in [6.07, 6.45) is 1.12. The number of hydrogen-bond donors (Lipinski definition) is 1. The standard InChI is InChI=1S/C8H10.C3H6O3S.Na.H/c1-7-5-3-4-6-8(7)2;1-2-3-7(4,5)6;;/h3-6H,1-2H3;2H,1,3H2,(H,4,5,6);;/q;;+1;-1. The average molecular weight is 252 g/mol. The van der Waals surface area contributed by atoms with Crippen molar-refractivity contribution in [1.29, 1.82) is 0 Å². The molecule has 1 aromatic carbocycles. The molecule has 3 nitrogen and oxygen atoms in total. The van der Waals surface area contributed by atoms with Gasteiger partial charge in [-0.25, -0.2) is 0 Å². The maximum Gasteiger partial charge on any atom is 1.00 e. The van der Waals surface area contributed by atoms with Crippen LogP contribution in [-0.4, -0.2) is 18.7 Å². The maximum atomic E-state index is 9.72. The molecule has 1 N–H and O–H groups in total. The third-order valence-electron chi connectivity index (χ3n) is 1.75. The van der Waals surface area contributed by atoms with Gasteiger partial charge in [0.2, 0.25) is 0 Å². The van der Waals surface area contributed by atoms with Crippen LogP contribution in [0.1, 0.15) is 12.6 Å². The topological polar surface area (TPSA) is 54.4 Å². The Morgan fingerprint density at radius 3 is 1.81 bits per heavy atom. The van der Waals surface area contributed by atoms with Crippen LogP contribution in [0.3, 0.4) is 0 Å². The first-order valence-corrected chi connectivity index (χ1v) is 6.06. The molecule has 0 aliphatic heterocycles. The van der Waals surface area contributed by atoms with E-state index in [0.29, 0.717) is 0 Å². The SMILES string of the molecule is C=CCS(=O)(=O)O.Cc1ccccc1C.[H-].[Na+]. The van der Waals surface area contributed by atoms with E-state index in [4.69, 9.17) is 4.55 Å². The van der Waals surface area contributed by atoms with E-state index in [1.807, 2.05) is 0 Å². The van der Waals surface area contributed by atoms with Crippen LogP contribution in [0, 0.1) is 13.8 Å². The largest absolute Gasteiger partial charge is 1.00 e. The Balaban J connectivity index is -0.000000208. The average Bonchev–Trinajstić information content (AvgIpc) is 2.09. The zero-order chi connectivity index (χ0) is 11.9. The van der Waals surface area contributed by atoms with Gasteiger partial charge in [-0.3, -0.25) is 4.55 Å². The number of rotatable bonds is 2. The Bertz CT molecular complexity index is 397. The summed E-state index contributed by atoms with van der Waals surface area (Å²) in [5, 5.41) is 0. The summed E-state index contributed by atoms with van der Waals surface area (Å²) in [7, 11) is -3.79. The van der Waals surface area contributed by atoms with Gasteiger partial charge in [0.15, 0.2) is 0 Å². The normalized spacial score (nSPS) is 9.44. The molecule has 1 aromatic rings. The van der Waals surface area contributed by atoms with Gasteiger partial charge >= 0.3 is 29.6 Å². The first-order chi connectivity index (χ1) is 6.87. The smallest absolute Gasteiger partial charge is 1.00 e. The number of benzene rings is 1. The third kappa shape index (κ3) is 10.4. The van der Waals surface area contributed by atoms with Gasteiger partial charge in [-0.2, -0.15) is 8.42 Å². The Labute approximate surface area is 121 Å². The van der Waals surface area contributed by atoms with Crippen molar-refractivity contribution >= 4 is 10.1 Å². The first kappa shape index (κ1) is 18.2. The number of hydrogen-bond acceptors (Lipinski definition) is 2. The molecule has 16 heavy (non-hydrogen) atoms. The van der Waals surface area contributed by atoms with Crippen molar-refractivity contribution < 1.29 is 44.0 Å². The van der Waals surface area contributed by atoms with Crippen LogP contribution < -0.4 is 29.6 Å². The Morgan fingerprint density at radius 2 is 1.69 bits per heavy atom. The summed E-state index contributed by atoms with van der Waals surface area (Å²) in [4.78, 5) is 0. The Kier molecular flexibility index (Phi) is 10.2. The van der Waals surface area contributed by atoms with E-state index in [-0.39, 0.29) is 36.7 Å². The molecular weight excluding hydrogens is 235 g/mol. The summed E-state index contributed by atoms with van der Waals surface area (Å²) in [6.45, 7) is 7.35. The van der Waals surface area contributed by atoms with Gasteiger partial charge in [0, 0.05) is 0 Å². The molecule has 0 aliphatic carbocycles. The molecule has 0 fully saturated rings. The van der Waals surface area contributed by atoms with E-state index in [1.54, 1.807) is 0 Å². The van der Waals surface area contributed by atoms with Crippen LogP contribution in [-0.2, 0) is 10.1 Å². The van der Waals surface area contributed by atoms with Crippen LogP contribution in [0.2, 0.25) is 0 Å². The minimum absolute atomic E-state index is 0. The summed E-state index contributed by atoms with van der Waals surface area (Å²) in [5.74, 6) is -0.368. The molecule has 0 aliphatic rings. The zero-order valence-corrected chi connectivity index (χ0v) is 12.8. The molecule has 0 unspecified atom stereocenters. The van der Waals surface area contributed by atoms with E-state index in [2.05, 4.69) is 44.7 Å². The van der Waals surface area contributed by atoms with Crippen molar-refractivity contribution in [3.05, 3.63) is 48.0 Å². The zero-order valence-electron chi connectivity index (χ0n) is 11.0. The summed E-state index contributed by atoms with van der Waals surface area (Å²) < 4.78 is 27.3. The fraction of sp³-hybridized carbons (Fsp3) is 0.273. The molecule has 5 heteroatoms. The van der Waals surface area contributed by atoms with E-state index < -0.39 is 10.1 Å². The van der Waals surface area contributed by atoms with Crippen LogP contribution in [0.15, 0.2) is 36.9 Å². The van der Waals surface area contributed by atoms with Gasteiger partial charge in [-0.05, 0) is 25.0 Å². The van der Waals surface area contributed by atoms with E-state index in [1.165, 1.54) is 11.1 Å². The molecule has 0 aromatic heterocycles. The van der Waals surface area contributed by atoms with Gasteiger partial charge in [0.25, 0.3) is 10.1 Å². The quantitative estimate of drug-likeness (QED) is 0.438. The molecule has 0 heterocycles. The third-order valence-corrected chi connectivity index (χ3v) is 2.41. The van der Waals surface area contributed by atoms with Crippen LogP contribution in [0.25, 0.3) is 0 Å². The molecule has 0 atom stereocenters. The fourth-order valence-corrected chi connectivity index (χ4v) is 1.11. The van der Waals surface area contributed by atoms with Crippen molar-refractivity contribution in [3.8, 4) is 0 Å². The second-order valence-electron chi connectivity index (χ2n) is 3.12. The Morgan fingerprint density at radius 1 is 1.31 bits per heavy atom. The molecule has 0 amide bonds. The molecule has 0 saturated carbocycles. The van der Waals surface area contributed by atoms with Crippen molar-refractivity contribution in [2.75, 3.05) is 5.75 Å². The molecular formula is C11H17NaO3S. The molecule has 1 rings (SSSR count). The van der Waals surface area contributed by atoms with Crippen LogP contribution in [0.5, 0.6) is 0 Å². The van der Waals surface area contributed by atoms with Gasteiger partial charge in [-0.1, -0.05) is 30.3 Å². The molecule has 0 saturated heterocycles. The van der Waals surface area contributed by atoms with E-state index >= 15 is 0 Å². The van der Waals surface area contributed by atoms with Crippen molar-refractivity contribution in [3.63, 3.8) is 0 Å². The van der Waals surface area contributed by atoms with Crippen molar-refractivity contribution in [2.24, 2.45) is 0 Å². The van der Waals surface area contributed by atoms with Gasteiger partial charge < -0.3 is 1.43 Å². The van der Waals surface area contributed by atoms with Gasteiger partial charge in [-0.15, -0.1) is 6.58 Å². The predicted octanol–water partition coefficient (Wildman–Crippen LogP) is -0.520.